The van der Waals surface area contributed by atoms with Crippen molar-refractivity contribution < 1.29 is 10.3 Å². The predicted molar refractivity (Wildman–Crippen MR) is 85.2 cm³/mol. The molecule has 0 saturated heterocycles. The van der Waals surface area contributed by atoms with Gasteiger partial charge in [0.2, 0.25) is 0 Å². The standard InChI is InChI=1S/C14H16Ge2N2O3/c1-17-13-7-3-11(4-8-13)15(19)21-16(20)12-5-9-14(18-2)10-6-12/h3-10,17-18H,1-2H3. The van der Waals surface area contributed by atoms with Crippen LogP contribution in [-0.4, -0.2) is 43.3 Å². The summed E-state index contributed by atoms with van der Waals surface area (Å²) in [6.45, 7) is 0. The summed E-state index contributed by atoms with van der Waals surface area (Å²) in [6, 6.07) is 14.3. The van der Waals surface area contributed by atoms with E-state index in [2.05, 4.69) is 10.6 Å². The molecule has 0 aliphatic heterocycles. The van der Waals surface area contributed by atoms with Gasteiger partial charge in [-0.15, -0.1) is 0 Å². The van der Waals surface area contributed by atoms with E-state index in [4.69, 9.17) is 2.79 Å². The Balaban J connectivity index is 2.05. The van der Waals surface area contributed by atoms with Crippen molar-refractivity contribution >= 4 is 49.4 Å². The molecule has 2 N–H and O–H groups in total. The fourth-order valence-corrected chi connectivity index (χ4v) is 8.84. The molecular formula is C14H16Ge2N2O3. The Hall–Kier alpha value is -1.47. The second-order valence-electron chi connectivity index (χ2n) is 4.33. The third-order valence-electron chi connectivity index (χ3n) is 3.00. The molecule has 0 aliphatic rings. The van der Waals surface area contributed by atoms with Crippen molar-refractivity contribution in [1.29, 1.82) is 0 Å². The van der Waals surface area contributed by atoms with Crippen LogP contribution in [0.5, 0.6) is 0 Å². The van der Waals surface area contributed by atoms with Gasteiger partial charge in [0.25, 0.3) is 0 Å². The fraction of sp³-hybridized carbons (Fsp3) is 0.143. The van der Waals surface area contributed by atoms with E-state index < -0.39 is 29.2 Å². The SMILES string of the molecule is CNc1cc[c]([Ge](=[O])[O][Ge](=[O])[c]2ccc(NC)cc2)cc1. The summed E-state index contributed by atoms with van der Waals surface area (Å²) in [7, 11) is 3.63. The summed E-state index contributed by atoms with van der Waals surface area (Å²) < 4.78 is 31.0. The van der Waals surface area contributed by atoms with Crippen molar-refractivity contribution in [2.75, 3.05) is 24.7 Å². The molecule has 0 aromatic heterocycles. The topological polar surface area (TPSA) is 67.4 Å². The van der Waals surface area contributed by atoms with Gasteiger partial charge in [-0.05, 0) is 0 Å². The zero-order valence-electron chi connectivity index (χ0n) is 11.8. The molecule has 0 spiro atoms. The molecule has 7 heteroatoms. The Morgan fingerprint density at radius 3 is 1.33 bits per heavy atom. The average Bonchev–Trinajstić information content (AvgIpc) is 2.55. The second kappa shape index (κ2) is 7.51. The summed E-state index contributed by atoms with van der Waals surface area (Å²) in [4.78, 5) is 0. The monoisotopic (exact) mass is 408 g/mol. The second-order valence-corrected chi connectivity index (χ2v) is 11.8. The zero-order valence-corrected chi connectivity index (χ0v) is 16.0. The molecule has 0 fully saturated rings. The molecule has 0 unspecified atom stereocenters. The molecule has 108 valence electrons. The van der Waals surface area contributed by atoms with Crippen LogP contribution < -0.4 is 19.4 Å². The van der Waals surface area contributed by atoms with Gasteiger partial charge in [-0.2, -0.15) is 0 Å². The van der Waals surface area contributed by atoms with Crippen LogP contribution in [0.2, 0.25) is 0 Å². The molecule has 0 saturated carbocycles. The van der Waals surface area contributed by atoms with E-state index in [1.165, 1.54) is 0 Å². The fourth-order valence-electron chi connectivity index (χ4n) is 1.75. The van der Waals surface area contributed by atoms with Gasteiger partial charge in [0, 0.05) is 0 Å². The first kappa shape index (κ1) is 15.9. The molecule has 0 amide bonds. The normalized spacial score (nSPS) is 9.81. The van der Waals surface area contributed by atoms with Crippen molar-refractivity contribution in [3.63, 3.8) is 0 Å². The van der Waals surface area contributed by atoms with Gasteiger partial charge in [0.05, 0.1) is 0 Å². The van der Waals surface area contributed by atoms with E-state index in [-0.39, 0.29) is 0 Å². The molecule has 2 aromatic carbocycles. The minimum atomic E-state index is -3.16. The Morgan fingerprint density at radius 1 is 0.714 bits per heavy atom. The Kier molecular flexibility index (Phi) is 5.69. The number of hydrogen-bond donors (Lipinski definition) is 2. The molecule has 5 nitrogen and oxygen atoms in total. The first-order valence-electron chi connectivity index (χ1n) is 6.46. The summed E-state index contributed by atoms with van der Waals surface area (Å²) in [5.74, 6) is 0. The number of benzene rings is 2. The summed E-state index contributed by atoms with van der Waals surface area (Å²) in [5, 5.41) is 5.98. The predicted octanol–water partition coefficient (Wildman–Crippen LogP) is 0.738. The van der Waals surface area contributed by atoms with Crippen LogP contribution in [0.3, 0.4) is 0 Å². The van der Waals surface area contributed by atoms with Crippen molar-refractivity contribution in [1.82, 2.24) is 0 Å². The third-order valence-corrected chi connectivity index (χ3v) is 11.2. The maximum absolute atomic E-state index is 12.2. The number of rotatable bonds is 6. The van der Waals surface area contributed by atoms with E-state index in [0.29, 0.717) is 8.79 Å². The first-order valence-corrected chi connectivity index (χ1v) is 12.0. The number of nitrogens with one attached hydrogen (secondary N) is 2. The van der Waals surface area contributed by atoms with Crippen LogP contribution in [-0.2, 0) is 10.3 Å². The van der Waals surface area contributed by atoms with E-state index in [0.717, 1.165) is 11.4 Å². The average molecular weight is 406 g/mol. The summed E-state index contributed by atoms with van der Waals surface area (Å²) in [6.07, 6.45) is 0. The van der Waals surface area contributed by atoms with Gasteiger partial charge in [-0.3, -0.25) is 0 Å². The quantitative estimate of drug-likeness (QED) is 0.694. The van der Waals surface area contributed by atoms with Gasteiger partial charge in [-0.1, -0.05) is 0 Å². The van der Waals surface area contributed by atoms with Crippen LogP contribution in [0.15, 0.2) is 48.5 Å². The van der Waals surface area contributed by atoms with Crippen LogP contribution >= 0.6 is 0 Å². The minimum absolute atomic E-state index is 0.640. The Bertz CT molecular complexity index is 585. The molecule has 0 heterocycles. The Morgan fingerprint density at radius 2 is 1.05 bits per heavy atom. The van der Waals surface area contributed by atoms with E-state index in [1.54, 1.807) is 24.3 Å². The molecule has 0 radical (unpaired) electrons. The van der Waals surface area contributed by atoms with Crippen LogP contribution in [0.4, 0.5) is 11.4 Å². The van der Waals surface area contributed by atoms with Crippen LogP contribution in [0, 0.1) is 0 Å². The van der Waals surface area contributed by atoms with E-state index >= 15 is 0 Å². The van der Waals surface area contributed by atoms with Gasteiger partial charge < -0.3 is 0 Å². The number of anilines is 2. The van der Waals surface area contributed by atoms with Crippen LogP contribution in [0.1, 0.15) is 0 Å². The van der Waals surface area contributed by atoms with Gasteiger partial charge >= 0.3 is 133 Å². The Labute approximate surface area is 133 Å². The van der Waals surface area contributed by atoms with E-state index in [9.17, 15) is 7.56 Å². The molecule has 2 rings (SSSR count). The van der Waals surface area contributed by atoms with Crippen molar-refractivity contribution in [2.24, 2.45) is 0 Å². The molecular weight excluding hydrogens is 389 g/mol. The third kappa shape index (κ3) is 4.24. The summed E-state index contributed by atoms with van der Waals surface area (Å²) >= 11 is -6.32. The zero-order chi connectivity index (χ0) is 15.2. The van der Waals surface area contributed by atoms with E-state index in [1.807, 2.05) is 38.4 Å². The van der Waals surface area contributed by atoms with Gasteiger partial charge in [0.1, 0.15) is 0 Å². The summed E-state index contributed by atoms with van der Waals surface area (Å²) in [5.41, 5.74) is 1.87. The van der Waals surface area contributed by atoms with Crippen molar-refractivity contribution in [2.45, 2.75) is 0 Å². The van der Waals surface area contributed by atoms with Gasteiger partial charge in [-0.25, -0.2) is 0 Å². The molecule has 0 aliphatic carbocycles. The molecule has 0 atom stereocenters. The molecule has 0 bridgehead atoms. The number of hydrogen-bond acceptors (Lipinski definition) is 5. The van der Waals surface area contributed by atoms with Crippen molar-refractivity contribution in [3.8, 4) is 0 Å². The maximum atomic E-state index is 12.2. The molecule has 21 heavy (non-hydrogen) atoms. The van der Waals surface area contributed by atoms with Crippen molar-refractivity contribution in [3.05, 3.63) is 48.5 Å². The van der Waals surface area contributed by atoms with Gasteiger partial charge in [0.15, 0.2) is 0 Å². The molecule has 2 aromatic rings. The van der Waals surface area contributed by atoms with Crippen LogP contribution in [0.25, 0.3) is 0 Å². The first-order chi connectivity index (χ1) is 10.1.